The van der Waals surface area contributed by atoms with Crippen LogP contribution >= 0.6 is 11.3 Å². The first-order chi connectivity index (χ1) is 9.76. The van der Waals surface area contributed by atoms with Gasteiger partial charge in [0.05, 0.1) is 5.69 Å². The molecule has 2 aliphatic rings. The highest BCUT2D eigenvalue weighted by Gasteiger charge is 2.25. The summed E-state index contributed by atoms with van der Waals surface area (Å²) in [7, 11) is 2.18. The largest absolute Gasteiger partial charge is 0.350 e. The van der Waals surface area contributed by atoms with Crippen molar-refractivity contribution in [3.8, 4) is 0 Å². The average Bonchev–Trinajstić information content (AvgIpc) is 2.99. The molecule has 1 atom stereocenters. The lowest BCUT2D eigenvalue weighted by Gasteiger charge is -2.27. The molecular weight excluding hydrogens is 268 g/mol. The Labute approximate surface area is 126 Å². The summed E-state index contributed by atoms with van der Waals surface area (Å²) in [6, 6.07) is 1.47. The Bertz CT molecular complexity index is 429. The lowest BCUT2D eigenvalue weighted by molar-refractivity contribution is 0.270. The molecule has 2 heterocycles. The van der Waals surface area contributed by atoms with E-state index in [0.29, 0.717) is 6.04 Å². The molecule has 1 saturated carbocycles. The highest BCUT2D eigenvalue weighted by atomic mass is 32.1. The van der Waals surface area contributed by atoms with Gasteiger partial charge in [0.1, 0.15) is 0 Å². The van der Waals surface area contributed by atoms with Crippen LogP contribution < -0.4 is 10.2 Å². The number of aromatic nitrogens is 1. The third-order valence-corrected chi connectivity index (χ3v) is 5.41. The maximum atomic E-state index is 4.77. The zero-order chi connectivity index (χ0) is 13.9. The maximum absolute atomic E-state index is 4.77. The second-order valence-corrected chi connectivity index (χ2v) is 6.92. The second kappa shape index (κ2) is 6.41. The number of hydrogen-bond donors (Lipinski definition) is 1. The molecule has 1 aromatic heterocycles. The Balaban J connectivity index is 1.52. The highest BCUT2D eigenvalue weighted by molar-refractivity contribution is 7.13. The minimum atomic E-state index is 0.710. The van der Waals surface area contributed by atoms with Crippen molar-refractivity contribution in [2.75, 3.05) is 31.6 Å². The number of hydrogen-bond acceptors (Lipinski definition) is 5. The standard InChI is InChI=1S/C15H26N4S/c1-3-19-8-4-5-14(19)10-18(2)15-17-13(11-20-15)9-16-12-6-7-12/h11-12,14,16H,3-10H2,1-2H3. The van der Waals surface area contributed by atoms with Crippen LogP contribution in [0.25, 0.3) is 0 Å². The SMILES string of the molecule is CCN1CCCC1CN(C)c1nc(CNC2CC2)cs1. The monoisotopic (exact) mass is 294 g/mol. The topological polar surface area (TPSA) is 31.4 Å². The molecular formula is C15H26N4S. The van der Waals surface area contributed by atoms with E-state index < -0.39 is 0 Å². The van der Waals surface area contributed by atoms with Gasteiger partial charge in [-0.25, -0.2) is 4.98 Å². The molecule has 2 fully saturated rings. The van der Waals surface area contributed by atoms with Crippen LogP contribution in [0.1, 0.15) is 38.3 Å². The number of anilines is 1. The van der Waals surface area contributed by atoms with E-state index in [1.165, 1.54) is 49.6 Å². The van der Waals surface area contributed by atoms with Crippen molar-refractivity contribution in [2.24, 2.45) is 0 Å². The summed E-state index contributed by atoms with van der Waals surface area (Å²) in [6.07, 6.45) is 5.36. The lowest BCUT2D eigenvalue weighted by atomic mass is 10.2. The first-order valence-corrected chi connectivity index (χ1v) is 8.77. The molecule has 0 spiro atoms. The van der Waals surface area contributed by atoms with Crippen LogP contribution in [0.3, 0.4) is 0 Å². The molecule has 1 saturated heterocycles. The van der Waals surface area contributed by atoms with E-state index in [1.807, 2.05) is 0 Å². The summed E-state index contributed by atoms with van der Waals surface area (Å²) in [5, 5.41) is 6.90. The minimum Gasteiger partial charge on any atom is -0.350 e. The lowest BCUT2D eigenvalue weighted by Crippen LogP contribution is -2.38. The molecule has 20 heavy (non-hydrogen) atoms. The quantitative estimate of drug-likeness (QED) is 0.836. The molecule has 0 bridgehead atoms. The summed E-state index contributed by atoms with van der Waals surface area (Å²) in [4.78, 5) is 9.70. The molecule has 1 aliphatic heterocycles. The fraction of sp³-hybridized carbons (Fsp3) is 0.800. The van der Waals surface area contributed by atoms with E-state index in [9.17, 15) is 0 Å². The third kappa shape index (κ3) is 3.51. The van der Waals surface area contributed by atoms with Crippen LogP contribution in [0.4, 0.5) is 5.13 Å². The molecule has 1 N–H and O–H groups in total. The summed E-state index contributed by atoms with van der Waals surface area (Å²) >= 11 is 1.78. The zero-order valence-electron chi connectivity index (χ0n) is 12.6. The van der Waals surface area contributed by atoms with Gasteiger partial charge in [0.2, 0.25) is 0 Å². The second-order valence-electron chi connectivity index (χ2n) is 6.08. The molecule has 1 aromatic rings. The van der Waals surface area contributed by atoms with Gasteiger partial charge in [0.25, 0.3) is 0 Å². The van der Waals surface area contributed by atoms with E-state index in [0.717, 1.165) is 19.1 Å². The molecule has 1 aliphatic carbocycles. The predicted octanol–water partition coefficient (Wildman–Crippen LogP) is 2.32. The summed E-state index contributed by atoms with van der Waals surface area (Å²) in [6.45, 7) is 6.75. The van der Waals surface area contributed by atoms with Crippen LogP contribution in [-0.4, -0.2) is 48.6 Å². The molecule has 4 nitrogen and oxygen atoms in total. The van der Waals surface area contributed by atoms with Gasteiger partial charge in [0.15, 0.2) is 5.13 Å². The molecule has 1 unspecified atom stereocenters. The van der Waals surface area contributed by atoms with Gasteiger partial charge in [0, 0.05) is 37.6 Å². The van der Waals surface area contributed by atoms with Crippen LogP contribution in [-0.2, 0) is 6.54 Å². The van der Waals surface area contributed by atoms with Crippen molar-refractivity contribution in [1.82, 2.24) is 15.2 Å². The first kappa shape index (κ1) is 14.3. The minimum absolute atomic E-state index is 0.710. The van der Waals surface area contributed by atoms with Crippen molar-refractivity contribution in [1.29, 1.82) is 0 Å². The van der Waals surface area contributed by atoms with E-state index in [1.54, 1.807) is 11.3 Å². The third-order valence-electron chi connectivity index (χ3n) is 4.41. The van der Waals surface area contributed by atoms with Gasteiger partial charge in [-0.05, 0) is 38.8 Å². The van der Waals surface area contributed by atoms with Crippen molar-refractivity contribution in [3.05, 3.63) is 11.1 Å². The van der Waals surface area contributed by atoms with Gasteiger partial charge in [-0.2, -0.15) is 0 Å². The van der Waals surface area contributed by atoms with Crippen LogP contribution in [0.2, 0.25) is 0 Å². The van der Waals surface area contributed by atoms with Gasteiger partial charge in [-0.3, -0.25) is 4.90 Å². The molecule has 3 rings (SSSR count). The molecule has 0 radical (unpaired) electrons. The normalized spacial score (nSPS) is 23.4. The number of likely N-dealkylation sites (N-methyl/N-ethyl adjacent to an activating group) is 2. The van der Waals surface area contributed by atoms with Gasteiger partial charge in [-0.15, -0.1) is 11.3 Å². The highest BCUT2D eigenvalue weighted by Crippen LogP contribution is 2.24. The fourth-order valence-corrected chi connectivity index (χ4v) is 3.80. The van der Waals surface area contributed by atoms with Crippen molar-refractivity contribution in [3.63, 3.8) is 0 Å². The van der Waals surface area contributed by atoms with Crippen molar-refractivity contribution in [2.45, 2.75) is 51.2 Å². The van der Waals surface area contributed by atoms with Gasteiger partial charge >= 0.3 is 0 Å². The van der Waals surface area contributed by atoms with E-state index in [-0.39, 0.29) is 0 Å². The number of likely N-dealkylation sites (tertiary alicyclic amines) is 1. The van der Waals surface area contributed by atoms with Gasteiger partial charge < -0.3 is 10.2 Å². The summed E-state index contributed by atoms with van der Waals surface area (Å²) < 4.78 is 0. The molecule has 5 heteroatoms. The Morgan fingerprint density at radius 1 is 1.45 bits per heavy atom. The maximum Gasteiger partial charge on any atom is 0.185 e. The average molecular weight is 294 g/mol. The predicted molar refractivity (Wildman–Crippen MR) is 85.5 cm³/mol. The van der Waals surface area contributed by atoms with Crippen LogP contribution in [0, 0.1) is 0 Å². The molecule has 0 amide bonds. The molecule has 112 valence electrons. The number of thiazole rings is 1. The van der Waals surface area contributed by atoms with E-state index in [4.69, 9.17) is 4.98 Å². The van der Waals surface area contributed by atoms with Crippen molar-refractivity contribution < 1.29 is 0 Å². The summed E-state index contributed by atoms with van der Waals surface area (Å²) in [5.74, 6) is 0. The number of rotatable bonds is 7. The molecule has 0 aromatic carbocycles. The smallest absolute Gasteiger partial charge is 0.185 e. The van der Waals surface area contributed by atoms with Crippen LogP contribution in [0.5, 0.6) is 0 Å². The number of nitrogens with one attached hydrogen (secondary N) is 1. The zero-order valence-corrected chi connectivity index (χ0v) is 13.5. The first-order valence-electron chi connectivity index (χ1n) is 7.89. The summed E-state index contributed by atoms with van der Waals surface area (Å²) in [5.41, 5.74) is 1.20. The van der Waals surface area contributed by atoms with Gasteiger partial charge in [-0.1, -0.05) is 6.92 Å². The Kier molecular flexibility index (Phi) is 4.58. The van der Waals surface area contributed by atoms with Crippen LogP contribution in [0.15, 0.2) is 5.38 Å². The van der Waals surface area contributed by atoms with E-state index in [2.05, 4.69) is 34.5 Å². The number of nitrogens with zero attached hydrogens (tertiary/aromatic N) is 3. The Morgan fingerprint density at radius 3 is 3.05 bits per heavy atom. The van der Waals surface area contributed by atoms with E-state index >= 15 is 0 Å². The Hall–Kier alpha value is -0.650. The van der Waals surface area contributed by atoms with Crippen molar-refractivity contribution >= 4 is 16.5 Å². The Morgan fingerprint density at radius 2 is 2.30 bits per heavy atom. The fourth-order valence-electron chi connectivity index (χ4n) is 3.00.